The van der Waals surface area contributed by atoms with Crippen molar-refractivity contribution >= 4 is 34.5 Å². The molecule has 0 atom stereocenters. The van der Waals surface area contributed by atoms with Crippen molar-refractivity contribution in [1.29, 1.82) is 0 Å². The van der Waals surface area contributed by atoms with Crippen molar-refractivity contribution in [2.45, 2.75) is 0 Å². The van der Waals surface area contributed by atoms with Gasteiger partial charge in [-0.1, -0.05) is 28.4 Å². The van der Waals surface area contributed by atoms with Gasteiger partial charge in [0.1, 0.15) is 4.34 Å². The fourth-order valence-corrected chi connectivity index (χ4v) is 2.24. The second kappa shape index (κ2) is 3.05. The highest BCUT2D eigenvalue weighted by Crippen LogP contribution is 2.36. The van der Waals surface area contributed by atoms with E-state index in [1.165, 1.54) is 17.7 Å². The number of thiophene rings is 1. The standard InChI is InChI=1S/C6H2Cl2N2OS/c7-4-1-3(5(8)12-4)6-9-2-11-10-6/h1-2H. The third kappa shape index (κ3) is 1.33. The van der Waals surface area contributed by atoms with Gasteiger partial charge in [0, 0.05) is 0 Å². The molecule has 0 fully saturated rings. The molecule has 0 N–H and O–H groups in total. The summed E-state index contributed by atoms with van der Waals surface area (Å²) in [6, 6.07) is 1.71. The van der Waals surface area contributed by atoms with Crippen molar-refractivity contribution in [1.82, 2.24) is 10.1 Å². The van der Waals surface area contributed by atoms with E-state index < -0.39 is 0 Å². The molecule has 2 aromatic heterocycles. The summed E-state index contributed by atoms with van der Waals surface area (Å²) in [6.45, 7) is 0. The molecule has 6 heteroatoms. The number of rotatable bonds is 1. The van der Waals surface area contributed by atoms with E-state index in [9.17, 15) is 0 Å². The predicted molar refractivity (Wildman–Crippen MR) is 47.6 cm³/mol. The average Bonchev–Trinajstić information content (AvgIpc) is 2.58. The molecule has 12 heavy (non-hydrogen) atoms. The van der Waals surface area contributed by atoms with Crippen LogP contribution in [0.15, 0.2) is 17.0 Å². The average molecular weight is 221 g/mol. The number of hydrogen-bond donors (Lipinski definition) is 0. The lowest BCUT2D eigenvalue weighted by atomic mass is 10.3. The molecular weight excluding hydrogens is 219 g/mol. The van der Waals surface area contributed by atoms with Gasteiger partial charge in [0.15, 0.2) is 0 Å². The lowest BCUT2D eigenvalue weighted by molar-refractivity contribution is 0.419. The largest absolute Gasteiger partial charge is 0.342 e. The van der Waals surface area contributed by atoms with E-state index in [0.29, 0.717) is 20.1 Å². The predicted octanol–water partition coefficient (Wildman–Crippen LogP) is 3.10. The summed E-state index contributed by atoms with van der Waals surface area (Å²) in [5.74, 6) is 0.461. The first kappa shape index (κ1) is 8.04. The van der Waals surface area contributed by atoms with Gasteiger partial charge >= 0.3 is 0 Å². The van der Waals surface area contributed by atoms with Crippen LogP contribution in [0, 0.1) is 0 Å². The van der Waals surface area contributed by atoms with Crippen LogP contribution >= 0.6 is 34.5 Å². The summed E-state index contributed by atoms with van der Waals surface area (Å²) >= 11 is 12.9. The highest BCUT2D eigenvalue weighted by atomic mass is 35.5. The van der Waals surface area contributed by atoms with Crippen LogP contribution < -0.4 is 0 Å². The lowest BCUT2D eigenvalue weighted by Gasteiger charge is -1.85. The zero-order chi connectivity index (χ0) is 8.55. The van der Waals surface area contributed by atoms with Crippen LogP contribution in [0.3, 0.4) is 0 Å². The van der Waals surface area contributed by atoms with E-state index in [-0.39, 0.29) is 0 Å². The van der Waals surface area contributed by atoms with Gasteiger partial charge < -0.3 is 4.52 Å². The fraction of sp³-hybridized carbons (Fsp3) is 0. The van der Waals surface area contributed by atoms with Crippen LogP contribution in [0.2, 0.25) is 8.67 Å². The summed E-state index contributed by atoms with van der Waals surface area (Å²) in [4.78, 5) is 3.85. The molecule has 0 aliphatic heterocycles. The lowest BCUT2D eigenvalue weighted by Crippen LogP contribution is -1.75. The monoisotopic (exact) mass is 220 g/mol. The maximum absolute atomic E-state index is 5.85. The van der Waals surface area contributed by atoms with Crippen LogP contribution in [0.25, 0.3) is 11.4 Å². The summed E-state index contributed by atoms with van der Waals surface area (Å²) in [7, 11) is 0. The SMILES string of the molecule is Clc1cc(-c2ncon2)c(Cl)s1. The second-order valence-corrected chi connectivity index (χ2v) is 4.28. The van der Waals surface area contributed by atoms with Gasteiger partial charge in [-0.3, -0.25) is 0 Å². The zero-order valence-electron chi connectivity index (χ0n) is 5.62. The fourth-order valence-electron chi connectivity index (χ4n) is 0.782. The highest BCUT2D eigenvalue weighted by molar-refractivity contribution is 7.20. The minimum Gasteiger partial charge on any atom is -0.342 e. The molecule has 0 saturated heterocycles. The Kier molecular flexibility index (Phi) is 2.04. The van der Waals surface area contributed by atoms with Gasteiger partial charge in [-0.15, -0.1) is 11.3 Å². The van der Waals surface area contributed by atoms with Crippen molar-refractivity contribution in [3.63, 3.8) is 0 Å². The van der Waals surface area contributed by atoms with Gasteiger partial charge in [-0.25, -0.2) is 0 Å². The molecule has 0 spiro atoms. The first-order chi connectivity index (χ1) is 5.77. The van der Waals surface area contributed by atoms with E-state index >= 15 is 0 Å². The summed E-state index contributed by atoms with van der Waals surface area (Å²) in [5, 5.41) is 3.64. The molecule has 2 heterocycles. The third-order valence-electron chi connectivity index (χ3n) is 1.26. The smallest absolute Gasteiger partial charge is 0.214 e. The van der Waals surface area contributed by atoms with E-state index in [0.717, 1.165) is 0 Å². The van der Waals surface area contributed by atoms with E-state index in [2.05, 4.69) is 14.7 Å². The van der Waals surface area contributed by atoms with Crippen molar-refractivity contribution < 1.29 is 4.52 Å². The van der Waals surface area contributed by atoms with Crippen LogP contribution in [0.4, 0.5) is 0 Å². The minimum atomic E-state index is 0.461. The quantitative estimate of drug-likeness (QED) is 0.742. The number of aromatic nitrogens is 2. The van der Waals surface area contributed by atoms with Crippen LogP contribution in [-0.2, 0) is 0 Å². The summed E-state index contributed by atoms with van der Waals surface area (Å²) in [6.07, 6.45) is 1.25. The first-order valence-corrected chi connectivity index (χ1v) is 4.56. The molecule has 2 rings (SSSR count). The summed E-state index contributed by atoms with van der Waals surface area (Å²) < 4.78 is 5.76. The van der Waals surface area contributed by atoms with Gasteiger partial charge in [0.05, 0.1) is 9.90 Å². The van der Waals surface area contributed by atoms with Gasteiger partial charge in [0.25, 0.3) is 0 Å². The maximum Gasteiger partial charge on any atom is 0.214 e. The minimum absolute atomic E-state index is 0.461. The Hall–Kier alpha value is -0.580. The third-order valence-corrected chi connectivity index (χ3v) is 2.75. The van der Waals surface area contributed by atoms with E-state index in [1.54, 1.807) is 6.07 Å². The van der Waals surface area contributed by atoms with E-state index in [1.807, 2.05) is 0 Å². The molecule has 0 saturated carbocycles. The van der Waals surface area contributed by atoms with E-state index in [4.69, 9.17) is 23.2 Å². The molecule has 0 aromatic carbocycles. The molecule has 0 unspecified atom stereocenters. The summed E-state index contributed by atoms with van der Waals surface area (Å²) in [5.41, 5.74) is 0.709. The Morgan fingerprint density at radius 1 is 1.42 bits per heavy atom. The highest BCUT2D eigenvalue weighted by Gasteiger charge is 2.11. The Bertz CT molecular complexity index is 384. The molecule has 62 valence electrons. The molecule has 0 radical (unpaired) electrons. The van der Waals surface area contributed by atoms with Crippen molar-refractivity contribution in [2.75, 3.05) is 0 Å². The van der Waals surface area contributed by atoms with Crippen LogP contribution in [0.5, 0.6) is 0 Å². The van der Waals surface area contributed by atoms with Gasteiger partial charge in [0.2, 0.25) is 12.2 Å². The topological polar surface area (TPSA) is 38.9 Å². The second-order valence-electron chi connectivity index (χ2n) is 1.99. The van der Waals surface area contributed by atoms with Crippen molar-refractivity contribution in [2.24, 2.45) is 0 Å². The van der Waals surface area contributed by atoms with Gasteiger partial charge in [-0.2, -0.15) is 4.98 Å². The molecule has 3 nitrogen and oxygen atoms in total. The molecule has 0 aliphatic rings. The van der Waals surface area contributed by atoms with Crippen LogP contribution in [0.1, 0.15) is 0 Å². The molecule has 2 aromatic rings. The van der Waals surface area contributed by atoms with Crippen LogP contribution in [-0.4, -0.2) is 10.1 Å². The molecule has 0 amide bonds. The zero-order valence-corrected chi connectivity index (χ0v) is 7.95. The molecular formula is C6H2Cl2N2OS. The first-order valence-electron chi connectivity index (χ1n) is 2.99. The Morgan fingerprint density at radius 2 is 2.25 bits per heavy atom. The number of halogens is 2. The number of nitrogens with zero attached hydrogens (tertiary/aromatic N) is 2. The van der Waals surface area contributed by atoms with Crippen molar-refractivity contribution in [3.8, 4) is 11.4 Å². The normalized spacial score (nSPS) is 10.5. The molecule has 0 bridgehead atoms. The Morgan fingerprint density at radius 3 is 2.75 bits per heavy atom. The van der Waals surface area contributed by atoms with Crippen molar-refractivity contribution in [3.05, 3.63) is 21.1 Å². The molecule has 0 aliphatic carbocycles. The Labute approximate surface area is 81.9 Å². The maximum atomic E-state index is 5.85. The Balaban J connectivity index is 2.54. The number of hydrogen-bond acceptors (Lipinski definition) is 4. The van der Waals surface area contributed by atoms with Gasteiger partial charge in [-0.05, 0) is 6.07 Å².